The summed E-state index contributed by atoms with van der Waals surface area (Å²) in [4.78, 5) is 2.23. The lowest BCUT2D eigenvalue weighted by atomic mass is 10.1. The Balaban J connectivity index is 2.14. The fourth-order valence-corrected chi connectivity index (χ4v) is 2.30. The molecule has 0 unspecified atom stereocenters. The van der Waals surface area contributed by atoms with Crippen molar-refractivity contribution in [2.24, 2.45) is 0 Å². The van der Waals surface area contributed by atoms with Crippen molar-refractivity contribution in [3.63, 3.8) is 0 Å². The van der Waals surface area contributed by atoms with Gasteiger partial charge in [-0.25, -0.2) is 0 Å². The Kier molecular flexibility index (Phi) is 3.15. The molecule has 2 rings (SSSR count). The minimum atomic E-state index is 0.854. The summed E-state index contributed by atoms with van der Waals surface area (Å²) in [5.41, 5.74) is 10.4. The van der Waals surface area contributed by atoms with E-state index in [4.69, 9.17) is 5.73 Å². The van der Waals surface area contributed by atoms with Crippen molar-refractivity contribution in [3.8, 4) is 0 Å². The lowest BCUT2D eigenvalue weighted by Crippen LogP contribution is -2.16. The highest BCUT2D eigenvalue weighted by molar-refractivity contribution is 7.07. The van der Waals surface area contributed by atoms with E-state index < -0.39 is 0 Å². The fraction of sp³-hybridized carbons (Fsp3) is 0.231. The topological polar surface area (TPSA) is 29.3 Å². The first-order valence-electron chi connectivity index (χ1n) is 5.25. The Morgan fingerprint density at radius 2 is 2.12 bits per heavy atom. The van der Waals surface area contributed by atoms with Crippen molar-refractivity contribution in [3.05, 3.63) is 46.2 Å². The summed E-state index contributed by atoms with van der Waals surface area (Å²) in [7, 11) is 2.10. The quantitative estimate of drug-likeness (QED) is 0.823. The van der Waals surface area contributed by atoms with Gasteiger partial charge in [0, 0.05) is 25.0 Å². The standard InChI is InChI=1S/C13H16N2S/c1-10-7-12(3-4-13(10)14)15(2)8-11-5-6-16-9-11/h3-7,9H,8,14H2,1-2H3. The van der Waals surface area contributed by atoms with Crippen LogP contribution in [-0.2, 0) is 6.54 Å². The number of hydrogen-bond acceptors (Lipinski definition) is 3. The molecule has 0 saturated carbocycles. The highest BCUT2D eigenvalue weighted by Crippen LogP contribution is 2.21. The molecular formula is C13H16N2S. The molecule has 3 heteroatoms. The van der Waals surface area contributed by atoms with Crippen LogP contribution >= 0.6 is 11.3 Å². The zero-order valence-corrected chi connectivity index (χ0v) is 10.4. The lowest BCUT2D eigenvalue weighted by Gasteiger charge is -2.19. The molecule has 0 fully saturated rings. The van der Waals surface area contributed by atoms with Gasteiger partial charge in [-0.15, -0.1) is 0 Å². The molecule has 0 saturated heterocycles. The third-order valence-electron chi connectivity index (χ3n) is 2.69. The molecular weight excluding hydrogens is 216 g/mol. The lowest BCUT2D eigenvalue weighted by molar-refractivity contribution is 0.927. The van der Waals surface area contributed by atoms with E-state index in [2.05, 4.69) is 40.9 Å². The van der Waals surface area contributed by atoms with E-state index in [0.717, 1.165) is 17.8 Å². The number of nitrogens with zero attached hydrogens (tertiary/aromatic N) is 1. The second kappa shape index (κ2) is 4.58. The Morgan fingerprint density at radius 1 is 1.31 bits per heavy atom. The van der Waals surface area contributed by atoms with Crippen LogP contribution in [0.3, 0.4) is 0 Å². The van der Waals surface area contributed by atoms with E-state index in [9.17, 15) is 0 Å². The Labute approximate surface area is 100 Å². The third-order valence-corrected chi connectivity index (χ3v) is 3.43. The van der Waals surface area contributed by atoms with Gasteiger partial charge < -0.3 is 10.6 Å². The van der Waals surface area contributed by atoms with Gasteiger partial charge in [0.2, 0.25) is 0 Å². The van der Waals surface area contributed by atoms with Crippen molar-refractivity contribution in [1.29, 1.82) is 0 Å². The van der Waals surface area contributed by atoms with E-state index in [1.54, 1.807) is 11.3 Å². The van der Waals surface area contributed by atoms with E-state index >= 15 is 0 Å². The van der Waals surface area contributed by atoms with Crippen LogP contribution in [0.2, 0.25) is 0 Å². The molecule has 1 aromatic heterocycles. The SMILES string of the molecule is Cc1cc(N(C)Cc2ccsc2)ccc1N. The van der Waals surface area contributed by atoms with Crippen molar-refractivity contribution in [1.82, 2.24) is 0 Å². The van der Waals surface area contributed by atoms with Crippen molar-refractivity contribution < 1.29 is 0 Å². The highest BCUT2D eigenvalue weighted by atomic mass is 32.1. The van der Waals surface area contributed by atoms with Crippen molar-refractivity contribution in [2.45, 2.75) is 13.5 Å². The number of nitrogens with two attached hydrogens (primary N) is 1. The monoisotopic (exact) mass is 232 g/mol. The van der Waals surface area contributed by atoms with Crippen molar-refractivity contribution in [2.75, 3.05) is 17.7 Å². The summed E-state index contributed by atoms with van der Waals surface area (Å²) in [6.45, 7) is 2.98. The Hall–Kier alpha value is -1.48. The molecule has 0 aliphatic rings. The van der Waals surface area contributed by atoms with Gasteiger partial charge in [0.15, 0.2) is 0 Å². The molecule has 16 heavy (non-hydrogen) atoms. The predicted octanol–water partition coefficient (Wildman–Crippen LogP) is 3.28. The van der Waals surface area contributed by atoms with Gasteiger partial charge in [-0.05, 0) is 53.1 Å². The zero-order valence-electron chi connectivity index (χ0n) is 9.60. The van der Waals surface area contributed by atoms with E-state index in [1.165, 1.54) is 11.3 Å². The summed E-state index contributed by atoms with van der Waals surface area (Å²) in [5, 5.41) is 4.29. The molecule has 0 aliphatic carbocycles. The molecule has 0 atom stereocenters. The summed E-state index contributed by atoms with van der Waals surface area (Å²) < 4.78 is 0. The summed E-state index contributed by atoms with van der Waals surface area (Å²) >= 11 is 1.74. The number of rotatable bonds is 3. The molecule has 0 bridgehead atoms. The average Bonchev–Trinajstić information content (AvgIpc) is 2.74. The number of aryl methyl sites for hydroxylation is 1. The van der Waals surface area contributed by atoms with Crippen LogP contribution in [-0.4, -0.2) is 7.05 Å². The second-order valence-electron chi connectivity index (χ2n) is 4.03. The number of hydrogen-bond donors (Lipinski definition) is 1. The molecule has 84 valence electrons. The van der Waals surface area contributed by atoms with Crippen LogP contribution in [0.5, 0.6) is 0 Å². The number of benzene rings is 1. The number of thiophene rings is 1. The first kappa shape index (κ1) is 11.0. The largest absolute Gasteiger partial charge is 0.399 e. The van der Waals surface area contributed by atoms with E-state index in [-0.39, 0.29) is 0 Å². The van der Waals surface area contributed by atoms with E-state index in [0.29, 0.717) is 0 Å². The molecule has 0 amide bonds. The third kappa shape index (κ3) is 2.36. The minimum absolute atomic E-state index is 0.854. The van der Waals surface area contributed by atoms with Gasteiger partial charge in [-0.2, -0.15) is 11.3 Å². The van der Waals surface area contributed by atoms with Gasteiger partial charge in [-0.1, -0.05) is 0 Å². The predicted molar refractivity (Wildman–Crippen MR) is 72.0 cm³/mol. The minimum Gasteiger partial charge on any atom is -0.399 e. The summed E-state index contributed by atoms with van der Waals surface area (Å²) in [5.74, 6) is 0. The van der Waals surface area contributed by atoms with Crippen LogP contribution in [0, 0.1) is 6.92 Å². The molecule has 0 radical (unpaired) electrons. The molecule has 2 nitrogen and oxygen atoms in total. The maximum atomic E-state index is 5.81. The number of nitrogen functional groups attached to an aromatic ring is 1. The van der Waals surface area contributed by atoms with Gasteiger partial charge in [0.05, 0.1) is 0 Å². The smallest absolute Gasteiger partial charge is 0.0434 e. The van der Waals surface area contributed by atoms with Crippen LogP contribution in [0.25, 0.3) is 0 Å². The first-order chi connectivity index (χ1) is 7.66. The van der Waals surface area contributed by atoms with Gasteiger partial charge in [0.1, 0.15) is 0 Å². The maximum absolute atomic E-state index is 5.81. The molecule has 0 spiro atoms. The zero-order chi connectivity index (χ0) is 11.5. The molecule has 0 aliphatic heterocycles. The second-order valence-corrected chi connectivity index (χ2v) is 4.81. The van der Waals surface area contributed by atoms with Crippen molar-refractivity contribution >= 4 is 22.7 Å². The van der Waals surface area contributed by atoms with E-state index in [1.807, 2.05) is 13.0 Å². The fourth-order valence-electron chi connectivity index (χ4n) is 1.65. The average molecular weight is 232 g/mol. The summed E-state index contributed by atoms with van der Waals surface area (Å²) in [6.07, 6.45) is 0. The van der Waals surface area contributed by atoms with Gasteiger partial charge >= 0.3 is 0 Å². The molecule has 2 aromatic rings. The van der Waals surface area contributed by atoms with Crippen LogP contribution in [0.1, 0.15) is 11.1 Å². The normalized spacial score (nSPS) is 10.4. The van der Waals surface area contributed by atoms with Crippen LogP contribution in [0.4, 0.5) is 11.4 Å². The van der Waals surface area contributed by atoms with Crippen LogP contribution < -0.4 is 10.6 Å². The highest BCUT2D eigenvalue weighted by Gasteiger charge is 2.03. The Bertz CT molecular complexity index is 463. The van der Waals surface area contributed by atoms with Gasteiger partial charge in [-0.3, -0.25) is 0 Å². The maximum Gasteiger partial charge on any atom is 0.0434 e. The molecule has 1 aromatic carbocycles. The van der Waals surface area contributed by atoms with Crippen LogP contribution in [0.15, 0.2) is 35.0 Å². The Morgan fingerprint density at radius 3 is 2.75 bits per heavy atom. The molecule has 1 heterocycles. The molecule has 2 N–H and O–H groups in total. The van der Waals surface area contributed by atoms with Gasteiger partial charge in [0.25, 0.3) is 0 Å². The summed E-state index contributed by atoms with van der Waals surface area (Å²) in [6, 6.07) is 8.32. The number of anilines is 2. The first-order valence-corrected chi connectivity index (χ1v) is 6.19.